The zero-order valence-corrected chi connectivity index (χ0v) is 8.73. The minimum Gasteiger partial charge on any atom is -0.0656 e. The Morgan fingerprint density at radius 1 is 1.27 bits per heavy atom. The molecule has 1 aromatic carbocycles. The molecule has 0 aliphatic carbocycles. The minimum atomic E-state index is -1.13. The topological polar surface area (TPSA) is 0 Å². The zero-order chi connectivity index (χ0) is 8.48. The van der Waals surface area contributed by atoms with Crippen LogP contribution in [-0.4, -0.2) is 8.07 Å². The van der Waals surface area contributed by atoms with Crippen LogP contribution in [0, 0.1) is 13.0 Å². The number of hydrogen-bond donors (Lipinski definition) is 0. The standard InChI is InChI=1S/C10H15Si/c1-9-7-5-6-8-10(9)11(2,3)4/h5-7H,1-4H3. The van der Waals surface area contributed by atoms with Crippen LogP contribution in [0.3, 0.4) is 0 Å². The van der Waals surface area contributed by atoms with E-state index in [1.807, 2.05) is 6.07 Å². The lowest BCUT2D eigenvalue weighted by Crippen LogP contribution is -2.39. The van der Waals surface area contributed by atoms with Crippen molar-refractivity contribution in [2.75, 3.05) is 0 Å². The van der Waals surface area contributed by atoms with Gasteiger partial charge >= 0.3 is 0 Å². The van der Waals surface area contributed by atoms with Crippen molar-refractivity contribution in [2.24, 2.45) is 0 Å². The normalized spacial score (nSPS) is 11.6. The summed E-state index contributed by atoms with van der Waals surface area (Å²) < 4.78 is 0. The van der Waals surface area contributed by atoms with Crippen molar-refractivity contribution in [3.8, 4) is 0 Å². The van der Waals surface area contributed by atoms with Gasteiger partial charge in [0, 0.05) is 0 Å². The lowest BCUT2D eigenvalue weighted by atomic mass is 10.2. The molecule has 0 aliphatic heterocycles. The quantitative estimate of drug-likeness (QED) is 0.557. The second kappa shape index (κ2) is 2.82. The van der Waals surface area contributed by atoms with Crippen molar-refractivity contribution in [3.63, 3.8) is 0 Å². The third-order valence-corrected chi connectivity index (χ3v) is 3.85. The van der Waals surface area contributed by atoms with Crippen molar-refractivity contribution >= 4 is 13.3 Å². The van der Waals surface area contributed by atoms with Gasteiger partial charge in [-0.3, -0.25) is 0 Å². The molecule has 0 N–H and O–H groups in total. The van der Waals surface area contributed by atoms with Gasteiger partial charge in [-0.2, -0.15) is 0 Å². The molecule has 0 nitrogen and oxygen atoms in total. The van der Waals surface area contributed by atoms with E-state index >= 15 is 0 Å². The van der Waals surface area contributed by atoms with Gasteiger partial charge in [-0.15, -0.1) is 0 Å². The molecule has 59 valence electrons. The van der Waals surface area contributed by atoms with E-state index in [1.165, 1.54) is 10.8 Å². The fraction of sp³-hybridized carbons (Fsp3) is 0.400. The van der Waals surface area contributed by atoms with E-state index in [0.29, 0.717) is 0 Å². The van der Waals surface area contributed by atoms with E-state index in [9.17, 15) is 0 Å². The van der Waals surface area contributed by atoms with E-state index in [0.717, 1.165) is 0 Å². The molecule has 0 amide bonds. The second-order valence-electron chi connectivity index (χ2n) is 3.98. The first-order chi connectivity index (χ1) is 5.02. The maximum Gasteiger partial charge on any atom is 0.0787 e. The Kier molecular flexibility index (Phi) is 2.19. The Labute approximate surface area is 70.3 Å². The molecule has 1 aromatic rings. The van der Waals surface area contributed by atoms with Gasteiger partial charge in [-0.25, -0.2) is 0 Å². The minimum absolute atomic E-state index is 1.13. The predicted octanol–water partition coefficient (Wildman–Crippen LogP) is 2.34. The molecule has 11 heavy (non-hydrogen) atoms. The molecule has 0 aromatic heterocycles. The Morgan fingerprint density at radius 3 is 2.27 bits per heavy atom. The average Bonchev–Trinajstić information content (AvgIpc) is 1.86. The van der Waals surface area contributed by atoms with Crippen molar-refractivity contribution in [2.45, 2.75) is 26.6 Å². The highest BCUT2D eigenvalue weighted by Gasteiger charge is 2.17. The van der Waals surface area contributed by atoms with Crippen LogP contribution in [-0.2, 0) is 0 Å². The molecule has 0 bridgehead atoms. The Bertz CT molecular complexity index is 245. The van der Waals surface area contributed by atoms with Crippen LogP contribution in [0.1, 0.15) is 5.56 Å². The lowest BCUT2D eigenvalue weighted by Gasteiger charge is -2.18. The number of benzene rings is 1. The van der Waals surface area contributed by atoms with Gasteiger partial charge in [0.2, 0.25) is 0 Å². The number of hydrogen-bond acceptors (Lipinski definition) is 0. The van der Waals surface area contributed by atoms with Gasteiger partial charge < -0.3 is 0 Å². The Morgan fingerprint density at radius 2 is 1.91 bits per heavy atom. The summed E-state index contributed by atoms with van der Waals surface area (Å²) in [7, 11) is -1.13. The molecule has 0 saturated heterocycles. The number of rotatable bonds is 1. The van der Waals surface area contributed by atoms with E-state index in [4.69, 9.17) is 0 Å². The van der Waals surface area contributed by atoms with Gasteiger partial charge in [-0.1, -0.05) is 43.4 Å². The summed E-state index contributed by atoms with van der Waals surface area (Å²) in [5.74, 6) is 0. The summed E-state index contributed by atoms with van der Waals surface area (Å²) in [5.41, 5.74) is 1.40. The molecule has 0 saturated carbocycles. The van der Waals surface area contributed by atoms with E-state index in [2.05, 4.69) is 44.8 Å². The third kappa shape index (κ3) is 1.93. The maximum absolute atomic E-state index is 3.34. The molecule has 1 radical (unpaired) electrons. The van der Waals surface area contributed by atoms with Crippen LogP contribution in [0.15, 0.2) is 18.2 Å². The maximum atomic E-state index is 3.34. The van der Waals surface area contributed by atoms with Crippen LogP contribution >= 0.6 is 0 Å². The van der Waals surface area contributed by atoms with Crippen molar-refractivity contribution < 1.29 is 0 Å². The highest BCUT2D eigenvalue weighted by molar-refractivity contribution is 6.88. The smallest absolute Gasteiger partial charge is 0.0656 e. The molecule has 0 fully saturated rings. The first-order valence-corrected chi connectivity index (χ1v) is 7.49. The first kappa shape index (κ1) is 8.53. The lowest BCUT2D eigenvalue weighted by molar-refractivity contribution is 1.48. The van der Waals surface area contributed by atoms with Crippen molar-refractivity contribution in [3.05, 3.63) is 29.8 Å². The molecule has 0 atom stereocenters. The molecule has 1 heteroatoms. The SMILES string of the molecule is Cc1ccc[c]c1[Si](C)(C)C. The van der Waals surface area contributed by atoms with Crippen LogP contribution in [0.4, 0.5) is 0 Å². The van der Waals surface area contributed by atoms with Gasteiger partial charge in [0.05, 0.1) is 8.07 Å². The molecular weight excluding hydrogens is 148 g/mol. The fourth-order valence-corrected chi connectivity index (χ4v) is 3.11. The van der Waals surface area contributed by atoms with Gasteiger partial charge in [-0.05, 0) is 18.2 Å². The molecular formula is C10H15Si. The first-order valence-electron chi connectivity index (χ1n) is 3.99. The zero-order valence-electron chi connectivity index (χ0n) is 7.73. The van der Waals surface area contributed by atoms with Gasteiger partial charge in [0.1, 0.15) is 0 Å². The van der Waals surface area contributed by atoms with Crippen LogP contribution in [0.25, 0.3) is 0 Å². The van der Waals surface area contributed by atoms with E-state index < -0.39 is 8.07 Å². The number of aryl methyl sites for hydroxylation is 1. The molecule has 0 spiro atoms. The monoisotopic (exact) mass is 163 g/mol. The second-order valence-corrected chi connectivity index (χ2v) is 8.98. The summed E-state index contributed by atoms with van der Waals surface area (Å²) in [5, 5.41) is 1.46. The average molecular weight is 163 g/mol. The van der Waals surface area contributed by atoms with Crippen LogP contribution in [0.2, 0.25) is 19.6 Å². The highest BCUT2D eigenvalue weighted by Crippen LogP contribution is 2.04. The van der Waals surface area contributed by atoms with Gasteiger partial charge in [0.25, 0.3) is 0 Å². The summed E-state index contributed by atoms with van der Waals surface area (Å²) in [6.07, 6.45) is 0. The summed E-state index contributed by atoms with van der Waals surface area (Å²) >= 11 is 0. The van der Waals surface area contributed by atoms with Crippen molar-refractivity contribution in [1.82, 2.24) is 0 Å². The van der Waals surface area contributed by atoms with E-state index in [-0.39, 0.29) is 0 Å². The molecule has 0 aliphatic rings. The summed E-state index contributed by atoms with van der Waals surface area (Å²) in [6, 6.07) is 9.58. The highest BCUT2D eigenvalue weighted by atomic mass is 28.3. The van der Waals surface area contributed by atoms with Crippen LogP contribution in [0.5, 0.6) is 0 Å². The summed E-state index contributed by atoms with van der Waals surface area (Å²) in [6.45, 7) is 9.23. The molecule has 0 unspecified atom stereocenters. The largest absolute Gasteiger partial charge is 0.0787 e. The van der Waals surface area contributed by atoms with Gasteiger partial charge in [0.15, 0.2) is 0 Å². The van der Waals surface area contributed by atoms with Crippen LogP contribution < -0.4 is 5.19 Å². The van der Waals surface area contributed by atoms with Crippen molar-refractivity contribution in [1.29, 1.82) is 0 Å². The third-order valence-electron chi connectivity index (χ3n) is 1.81. The molecule has 0 heterocycles. The Hall–Kier alpha value is -0.563. The molecule has 1 rings (SSSR count). The summed E-state index contributed by atoms with van der Waals surface area (Å²) in [4.78, 5) is 0. The van der Waals surface area contributed by atoms with E-state index in [1.54, 1.807) is 0 Å². The Balaban J connectivity index is 3.14. The predicted molar refractivity (Wildman–Crippen MR) is 53.0 cm³/mol. The fourth-order valence-electron chi connectivity index (χ4n) is 1.33.